The molecule has 1 atom stereocenters. The zero-order valence-corrected chi connectivity index (χ0v) is 17.2. The van der Waals surface area contributed by atoms with Crippen molar-refractivity contribution in [3.63, 3.8) is 0 Å². The Hall–Kier alpha value is -1.32. The fourth-order valence-corrected chi connectivity index (χ4v) is 4.41. The van der Waals surface area contributed by atoms with Gasteiger partial charge in [-0.2, -0.15) is 10.1 Å². The van der Waals surface area contributed by atoms with E-state index in [0.29, 0.717) is 18.2 Å². The third kappa shape index (κ3) is 3.57. The first kappa shape index (κ1) is 18.1. The number of piperidine rings is 1. The lowest BCUT2D eigenvalue weighted by atomic mass is 9.93. The van der Waals surface area contributed by atoms with Crippen molar-refractivity contribution < 1.29 is 4.39 Å². The molecular formula is C18H18ClFIN5. The summed E-state index contributed by atoms with van der Waals surface area (Å²) in [6.07, 6.45) is 3.74. The molecule has 0 radical (unpaired) electrons. The van der Waals surface area contributed by atoms with Gasteiger partial charge in [-0.25, -0.2) is 13.9 Å². The third-order valence-electron chi connectivity index (χ3n) is 4.78. The smallest absolute Gasteiger partial charge is 0.252 e. The van der Waals surface area contributed by atoms with Crippen LogP contribution in [0.1, 0.15) is 35.7 Å². The summed E-state index contributed by atoms with van der Waals surface area (Å²) in [5, 5.41) is 4.54. The molecule has 1 fully saturated rings. The molecule has 136 valence electrons. The number of rotatable bonds is 3. The van der Waals surface area contributed by atoms with E-state index in [1.807, 2.05) is 17.5 Å². The number of fused-ring (bicyclic) bond motifs is 1. The molecule has 0 N–H and O–H groups in total. The quantitative estimate of drug-likeness (QED) is 0.412. The van der Waals surface area contributed by atoms with Gasteiger partial charge in [0.05, 0.1) is 10.7 Å². The zero-order chi connectivity index (χ0) is 18.3. The molecule has 0 amide bonds. The maximum Gasteiger partial charge on any atom is 0.252 e. The lowest BCUT2D eigenvalue weighted by Crippen LogP contribution is -2.34. The van der Waals surface area contributed by atoms with Crippen LogP contribution in [0.2, 0.25) is 5.02 Å². The van der Waals surface area contributed by atoms with Crippen LogP contribution in [0.3, 0.4) is 0 Å². The van der Waals surface area contributed by atoms with Crippen LogP contribution in [-0.2, 0) is 6.54 Å². The van der Waals surface area contributed by atoms with Crippen molar-refractivity contribution in [1.29, 1.82) is 0 Å². The molecule has 3 aromatic rings. The van der Waals surface area contributed by atoms with E-state index in [1.54, 1.807) is 12.4 Å². The molecule has 1 saturated heterocycles. The number of likely N-dealkylation sites (tertiary alicyclic amines) is 1. The summed E-state index contributed by atoms with van der Waals surface area (Å²) in [7, 11) is 0. The fourth-order valence-electron chi connectivity index (χ4n) is 3.65. The largest absolute Gasteiger partial charge is 0.298 e. The molecule has 26 heavy (non-hydrogen) atoms. The van der Waals surface area contributed by atoms with Crippen molar-refractivity contribution in [1.82, 2.24) is 24.5 Å². The second-order valence-electron chi connectivity index (χ2n) is 6.74. The monoisotopic (exact) mass is 485 g/mol. The highest BCUT2D eigenvalue weighted by atomic mass is 127. The van der Waals surface area contributed by atoms with Crippen molar-refractivity contribution in [3.8, 4) is 0 Å². The number of hydrogen-bond acceptors (Lipinski definition) is 4. The van der Waals surface area contributed by atoms with Crippen molar-refractivity contribution in [2.45, 2.75) is 32.2 Å². The molecule has 0 aliphatic carbocycles. The van der Waals surface area contributed by atoms with Crippen LogP contribution >= 0.6 is 34.2 Å². The summed E-state index contributed by atoms with van der Waals surface area (Å²) in [5.41, 5.74) is 3.05. The molecular weight excluding hydrogens is 468 g/mol. The van der Waals surface area contributed by atoms with E-state index < -0.39 is 0 Å². The van der Waals surface area contributed by atoms with Crippen molar-refractivity contribution in [2.24, 2.45) is 0 Å². The summed E-state index contributed by atoms with van der Waals surface area (Å²) in [5.74, 6) is 0.647. The summed E-state index contributed by atoms with van der Waals surface area (Å²) < 4.78 is 16.5. The average molecular weight is 486 g/mol. The summed E-state index contributed by atoms with van der Waals surface area (Å²) in [6, 6.07) is 5.60. The Balaban J connectivity index is 1.57. The highest BCUT2D eigenvalue weighted by Crippen LogP contribution is 2.29. The van der Waals surface area contributed by atoms with Gasteiger partial charge < -0.3 is 0 Å². The molecule has 1 aliphatic rings. The number of nitrogens with zero attached hydrogens (tertiary/aromatic N) is 5. The summed E-state index contributed by atoms with van der Waals surface area (Å²) >= 11 is 8.02. The highest BCUT2D eigenvalue weighted by Gasteiger charge is 2.24. The van der Waals surface area contributed by atoms with Gasteiger partial charge in [-0.05, 0) is 72.7 Å². The standard InChI is InChI=1S/C18H18ClFIN5/c1-11-5-16(26-18(24-11)22-10-23-26)13-3-2-4-25(9-13)8-12-6-14(20)17(19)15(21)7-12/h5-7,10,13H,2-4,8-9H2,1H3/t13-/m1/s1. The SMILES string of the molecule is Cc1cc([C@@H]2CCCN(Cc3cc(F)c(Cl)c(I)c3)C2)n2ncnc2n1. The number of aromatic nitrogens is 4. The van der Waals surface area contributed by atoms with E-state index in [0.717, 1.165) is 46.5 Å². The minimum atomic E-state index is -0.351. The molecule has 4 rings (SSSR count). The molecule has 2 aromatic heterocycles. The minimum absolute atomic E-state index is 0.201. The Morgan fingerprint density at radius 3 is 3.00 bits per heavy atom. The number of aryl methyl sites for hydroxylation is 1. The van der Waals surface area contributed by atoms with Gasteiger partial charge in [-0.3, -0.25) is 4.90 Å². The van der Waals surface area contributed by atoms with Crippen LogP contribution in [-0.4, -0.2) is 37.6 Å². The first-order chi connectivity index (χ1) is 12.5. The van der Waals surface area contributed by atoms with E-state index in [9.17, 15) is 4.39 Å². The van der Waals surface area contributed by atoms with Crippen LogP contribution in [0.5, 0.6) is 0 Å². The van der Waals surface area contributed by atoms with Crippen molar-refractivity contribution in [2.75, 3.05) is 13.1 Å². The van der Waals surface area contributed by atoms with E-state index in [2.05, 4.69) is 48.6 Å². The Morgan fingerprint density at radius 2 is 2.19 bits per heavy atom. The molecule has 1 aliphatic heterocycles. The second kappa shape index (κ2) is 7.36. The zero-order valence-electron chi connectivity index (χ0n) is 14.3. The average Bonchev–Trinajstić information content (AvgIpc) is 3.07. The topological polar surface area (TPSA) is 46.3 Å². The van der Waals surface area contributed by atoms with Crippen LogP contribution in [0.15, 0.2) is 24.5 Å². The normalized spacial score (nSPS) is 18.5. The molecule has 0 saturated carbocycles. The molecule has 5 nitrogen and oxygen atoms in total. The Labute approximate surface area is 169 Å². The van der Waals surface area contributed by atoms with Gasteiger partial charge in [-0.1, -0.05) is 11.6 Å². The van der Waals surface area contributed by atoms with Crippen LogP contribution in [0.4, 0.5) is 4.39 Å². The van der Waals surface area contributed by atoms with E-state index in [-0.39, 0.29) is 10.8 Å². The van der Waals surface area contributed by atoms with Crippen LogP contribution in [0.25, 0.3) is 5.78 Å². The van der Waals surface area contributed by atoms with Gasteiger partial charge >= 0.3 is 0 Å². The fraction of sp³-hybridized carbons (Fsp3) is 0.389. The molecule has 0 spiro atoms. The predicted molar refractivity (Wildman–Crippen MR) is 107 cm³/mol. The van der Waals surface area contributed by atoms with Crippen molar-refractivity contribution in [3.05, 3.63) is 55.9 Å². The molecule has 3 heterocycles. The van der Waals surface area contributed by atoms with Gasteiger partial charge in [0.15, 0.2) is 0 Å². The van der Waals surface area contributed by atoms with E-state index >= 15 is 0 Å². The summed E-state index contributed by atoms with van der Waals surface area (Å²) in [6.45, 7) is 4.60. The van der Waals surface area contributed by atoms with Crippen LogP contribution in [0, 0.1) is 16.3 Å². The van der Waals surface area contributed by atoms with E-state index in [1.165, 1.54) is 0 Å². The number of benzene rings is 1. The molecule has 8 heteroatoms. The van der Waals surface area contributed by atoms with Gasteiger partial charge in [0.25, 0.3) is 5.78 Å². The van der Waals surface area contributed by atoms with Gasteiger partial charge in [0.2, 0.25) is 0 Å². The Kier molecular flexibility index (Phi) is 5.11. The molecule has 0 bridgehead atoms. The predicted octanol–water partition coefficient (Wildman–Crippen LogP) is 4.21. The molecule has 1 aromatic carbocycles. The molecule has 0 unspecified atom stereocenters. The Bertz CT molecular complexity index is 937. The van der Waals surface area contributed by atoms with Gasteiger partial charge in [0, 0.05) is 28.3 Å². The van der Waals surface area contributed by atoms with Gasteiger partial charge in [-0.15, -0.1) is 0 Å². The minimum Gasteiger partial charge on any atom is -0.298 e. The lowest BCUT2D eigenvalue weighted by Gasteiger charge is -2.33. The maximum absolute atomic E-state index is 13.9. The van der Waals surface area contributed by atoms with E-state index in [4.69, 9.17) is 11.6 Å². The van der Waals surface area contributed by atoms with Crippen molar-refractivity contribution >= 4 is 40.0 Å². The second-order valence-corrected chi connectivity index (χ2v) is 8.28. The highest BCUT2D eigenvalue weighted by molar-refractivity contribution is 14.1. The maximum atomic E-state index is 13.9. The number of halogens is 3. The first-order valence-electron chi connectivity index (χ1n) is 8.54. The third-order valence-corrected chi connectivity index (χ3v) is 6.33. The van der Waals surface area contributed by atoms with Crippen LogP contribution < -0.4 is 0 Å². The van der Waals surface area contributed by atoms with Gasteiger partial charge in [0.1, 0.15) is 12.1 Å². The lowest BCUT2D eigenvalue weighted by molar-refractivity contribution is 0.197. The first-order valence-corrected chi connectivity index (χ1v) is 10.00. The number of hydrogen-bond donors (Lipinski definition) is 0. The summed E-state index contributed by atoms with van der Waals surface area (Å²) in [4.78, 5) is 11.0. The Morgan fingerprint density at radius 1 is 1.35 bits per heavy atom.